The van der Waals surface area contributed by atoms with Crippen molar-refractivity contribution < 1.29 is 9.59 Å². The number of Topliss-reactive ketones (excluding diaryl/α,β-unsaturated/α-hetero) is 1. The van der Waals surface area contributed by atoms with Crippen LogP contribution < -0.4 is 10.6 Å². The van der Waals surface area contributed by atoms with Gasteiger partial charge in [-0.15, -0.1) is 0 Å². The van der Waals surface area contributed by atoms with Gasteiger partial charge in [0.1, 0.15) is 0 Å². The van der Waals surface area contributed by atoms with E-state index in [4.69, 9.17) is 0 Å². The maximum absolute atomic E-state index is 12.7. The zero-order valence-electron chi connectivity index (χ0n) is 11.7. The molecule has 2 aliphatic heterocycles. The van der Waals surface area contributed by atoms with E-state index in [9.17, 15) is 9.59 Å². The van der Waals surface area contributed by atoms with Crippen molar-refractivity contribution in [1.82, 2.24) is 5.32 Å². The predicted molar refractivity (Wildman–Crippen MR) is 91.1 cm³/mol. The molecule has 1 aromatic carbocycles. The van der Waals surface area contributed by atoms with Crippen LogP contribution in [0.15, 0.2) is 33.9 Å². The number of amides is 1. The smallest absolute Gasteiger partial charge is 0.250 e. The third-order valence-corrected chi connectivity index (χ3v) is 6.03. The van der Waals surface area contributed by atoms with Crippen molar-refractivity contribution in [3.8, 4) is 0 Å². The number of alkyl halides is 1. The largest absolute Gasteiger partial charge is 0.351 e. The first-order chi connectivity index (χ1) is 10.5. The monoisotopic (exact) mass is 424 g/mol. The van der Waals surface area contributed by atoms with Gasteiger partial charge in [-0.25, -0.2) is 0 Å². The van der Waals surface area contributed by atoms with E-state index in [1.165, 1.54) is 0 Å². The topological polar surface area (TPSA) is 58.2 Å². The number of ketones is 1. The Bertz CT molecular complexity index is 729. The molecule has 3 unspecified atom stereocenters. The molecule has 3 aliphatic rings. The van der Waals surface area contributed by atoms with Crippen molar-refractivity contribution in [2.45, 2.75) is 30.1 Å². The van der Waals surface area contributed by atoms with Gasteiger partial charge < -0.3 is 10.6 Å². The molecule has 2 fully saturated rings. The first-order valence-electron chi connectivity index (χ1n) is 7.35. The molecule has 1 aliphatic carbocycles. The molecule has 1 saturated heterocycles. The first-order valence-corrected chi connectivity index (χ1v) is 9.06. The minimum absolute atomic E-state index is 0.0748. The number of hydrogen-bond donors (Lipinski definition) is 2. The SMILES string of the molecule is O=C1NC2CC(Br)CCC2/C1=C1\Nc2cc(Br)ccc2C1=O. The van der Waals surface area contributed by atoms with Gasteiger partial charge in [-0.2, -0.15) is 0 Å². The number of anilines is 1. The average Bonchev–Trinajstić information content (AvgIpc) is 2.94. The third-order valence-electron chi connectivity index (χ3n) is 4.70. The quantitative estimate of drug-likeness (QED) is 0.494. The van der Waals surface area contributed by atoms with E-state index >= 15 is 0 Å². The van der Waals surface area contributed by atoms with E-state index in [0.29, 0.717) is 21.7 Å². The lowest BCUT2D eigenvalue weighted by atomic mass is 9.81. The summed E-state index contributed by atoms with van der Waals surface area (Å²) < 4.78 is 0.909. The Kier molecular flexibility index (Phi) is 3.42. The Balaban J connectivity index is 1.76. The molecule has 2 heterocycles. The molecular formula is C16H14Br2N2O2. The number of carbonyl (C=O) groups is 2. The van der Waals surface area contributed by atoms with Gasteiger partial charge in [0.25, 0.3) is 0 Å². The van der Waals surface area contributed by atoms with Gasteiger partial charge in [0.15, 0.2) is 0 Å². The normalized spacial score (nSPS) is 33.3. The summed E-state index contributed by atoms with van der Waals surface area (Å²) in [4.78, 5) is 25.5. The van der Waals surface area contributed by atoms with Gasteiger partial charge in [0.05, 0.1) is 11.4 Å². The number of benzene rings is 1. The van der Waals surface area contributed by atoms with E-state index in [1.54, 1.807) is 6.07 Å². The Labute approximate surface area is 145 Å². The molecule has 4 nitrogen and oxygen atoms in total. The number of carbonyl (C=O) groups excluding carboxylic acids is 2. The minimum atomic E-state index is -0.0979. The van der Waals surface area contributed by atoms with Crippen molar-refractivity contribution in [1.29, 1.82) is 0 Å². The summed E-state index contributed by atoms with van der Waals surface area (Å²) in [5.41, 5.74) is 2.51. The number of halogens is 2. The van der Waals surface area contributed by atoms with Gasteiger partial charge >= 0.3 is 0 Å². The van der Waals surface area contributed by atoms with Gasteiger partial charge in [0.2, 0.25) is 11.7 Å². The molecule has 22 heavy (non-hydrogen) atoms. The van der Waals surface area contributed by atoms with E-state index < -0.39 is 0 Å². The van der Waals surface area contributed by atoms with Gasteiger partial charge in [-0.1, -0.05) is 31.9 Å². The zero-order valence-corrected chi connectivity index (χ0v) is 14.8. The molecule has 0 aromatic heterocycles. The molecule has 4 rings (SSSR count). The second-order valence-electron chi connectivity index (χ2n) is 6.03. The van der Waals surface area contributed by atoms with Crippen LogP contribution in [0.1, 0.15) is 29.6 Å². The number of allylic oxidation sites excluding steroid dienone is 1. The highest BCUT2D eigenvalue weighted by atomic mass is 79.9. The Hall–Kier alpha value is -1.14. The molecule has 0 spiro atoms. The second kappa shape index (κ2) is 5.20. The second-order valence-corrected chi connectivity index (χ2v) is 8.24. The number of hydrogen-bond acceptors (Lipinski definition) is 3. The van der Waals surface area contributed by atoms with Crippen molar-refractivity contribution in [2.75, 3.05) is 5.32 Å². The molecule has 6 heteroatoms. The highest BCUT2D eigenvalue weighted by Crippen LogP contribution is 2.41. The standard InChI is InChI=1S/C16H14Br2N2O2/c17-7-1-3-9-11(5-7)20-16(22)13(9)14-15(21)10-4-2-8(18)6-12(10)19-14/h2,4,6-7,9,11,19H,1,3,5H2,(H,20,22)/b14-13+. The van der Waals surface area contributed by atoms with Crippen LogP contribution in [0.5, 0.6) is 0 Å². The van der Waals surface area contributed by atoms with Crippen LogP contribution in [-0.4, -0.2) is 22.6 Å². The molecule has 2 N–H and O–H groups in total. The van der Waals surface area contributed by atoms with E-state index in [2.05, 4.69) is 42.5 Å². The van der Waals surface area contributed by atoms with Gasteiger partial charge in [0, 0.05) is 32.4 Å². The lowest BCUT2D eigenvalue weighted by molar-refractivity contribution is -0.116. The van der Waals surface area contributed by atoms with Crippen LogP contribution in [0.4, 0.5) is 5.69 Å². The van der Waals surface area contributed by atoms with Crippen molar-refractivity contribution in [3.63, 3.8) is 0 Å². The van der Waals surface area contributed by atoms with Crippen LogP contribution in [-0.2, 0) is 4.79 Å². The Morgan fingerprint density at radius 3 is 2.82 bits per heavy atom. The van der Waals surface area contributed by atoms with Gasteiger partial charge in [-0.3, -0.25) is 9.59 Å². The summed E-state index contributed by atoms with van der Waals surface area (Å²) in [6.45, 7) is 0. The summed E-state index contributed by atoms with van der Waals surface area (Å²) in [5, 5.41) is 6.21. The fourth-order valence-electron chi connectivity index (χ4n) is 3.67. The molecule has 3 atom stereocenters. The summed E-state index contributed by atoms with van der Waals surface area (Å²) in [6, 6.07) is 5.65. The minimum Gasteiger partial charge on any atom is -0.351 e. The highest BCUT2D eigenvalue weighted by molar-refractivity contribution is 9.10. The van der Waals surface area contributed by atoms with Crippen LogP contribution >= 0.6 is 31.9 Å². The molecule has 0 bridgehead atoms. The van der Waals surface area contributed by atoms with E-state index in [1.807, 2.05) is 12.1 Å². The van der Waals surface area contributed by atoms with Crippen molar-refractivity contribution in [3.05, 3.63) is 39.5 Å². The number of rotatable bonds is 0. The van der Waals surface area contributed by atoms with Crippen molar-refractivity contribution in [2.24, 2.45) is 5.92 Å². The molecule has 1 saturated carbocycles. The van der Waals surface area contributed by atoms with Crippen LogP contribution in [0.25, 0.3) is 0 Å². The predicted octanol–water partition coefficient (Wildman–Crippen LogP) is 3.37. The molecule has 1 amide bonds. The number of nitrogens with one attached hydrogen (secondary N) is 2. The summed E-state index contributed by atoms with van der Waals surface area (Å²) in [7, 11) is 0. The van der Waals surface area contributed by atoms with Gasteiger partial charge in [-0.05, 0) is 37.5 Å². The Morgan fingerprint density at radius 2 is 2.00 bits per heavy atom. The summed E-state index contributed by atoms with van der Waals surface area (Å²) in [5.74, 6) is -0.0425. The first kappa shape index (κ1) is 14.5. The van der Waals surface area contributed by atoms with Crippen molar-refractivity contribution >= 4 is 49.2 Å². The maximum Gasteiger partial charge on any atom is 0.250 e. The zero-order chi connectivity index (χ0) is 15.4. The summed E-state index contributed by atoms with van der Waals surface area (Å²) in [6.07, 6.45) is 2.87. The highest BCUT2D eigenvalue weighted by Gasteiger charge is 2.44. The Morgan fingerprint density at radius 1 is 1.18 bits per heavy atom. The maximum atomic E-state index is 12.7. The van der Waals surface area contributed by atoms with Crippen LogP contribution in [0.3, 0.4) is 0 Å². The van der Waals surface area contributed by atoms with E-state index in [-0.39, 0.29) is 23.7 Å². The van der Waals surface area contributed by atoms with Crippen LogP contribution in [0, 0.1) is 5.92 Å². The molecule has 1 aromatic rings. The molecule has 0 radical (unpaired) electrons. The third kappa shape index (κ3) is 2.15. The van der Waals surface area contributed by atoms with Crippen LogP contribution in [0.2, 0.25) is 0 Å². The molecule has 114 valence electrons. The summed E-state index contributed by atoms with van der Waals surface area (Å²) >= 11 is 7.05. The fourth-order valence-corrected chi connectivity index (χ4v) is 4.70. The van der Waals surface area contributed by atoms with E-state index in [0.717, 1.165) is 29.4 Å². The average molecular weight is 426 g/mol. The lowest BCUT2D eigenvalue weighted by Crippen LogP contribution is -2.34. The number of fused-ring (bicyclic) bond motifs is 2. The fraction of sp³-hybridized carbons (Fsp3) is 0.375. The molecular weight excluding hydrogens is 412 g/mol. The lowest BCUT2D eigenvalue weighted by Gasteiger charge is -2.28.